The standard InChI is InChI=1S/C21H17FN6O/c1-21(11-19-25-7-8-28(19)20(23)27-21)15-9-13(3-5-16(15)22)10-18(29)17-6-4-14(24-2)12-26-17/h3-9,12H,10-11H2,1H3,(H2,23,27)/t21-/m0/s1. The molecule has 4 rings (SSSR count). The molecule has 1 atom stereocenters. The van der Waals surface area contributed by atoms with E-state index in [9.17, 15) is 9.18 Å². The number of fused-ring (bicyclic) bond motifs is 1. The maximum atomic E-state index is 14.7. The van der Waals surface area contributed by atoms with Crippen molar-refractivity contribution in [2.75, 3.05) is 0 Å². The maximum Gasteiger partial charge on any atom is 0.205 e. The first-order valence-corrected chi connectivity index (χ1v) is 8.93. The Bertz CT molecular complexity index is 1170. The number of aliphatic imine (C=N–C) groups is 1. The highest BCUT2D eigenvalue weighted by atomic mass is 19.1. The van der Waals surface area contributed by atoms with Gasteiger partial charge < -0.3 is 5.73 Å². The van der Waals surface area contributed by atoms with Crippen molar-refractivity contribution in [3.8, 4) is 0 Å². The van der Waals surface area contributed by atoms with Crippen LogP contribution < -0.4 is 5.73 Å². The molecule has 0 aliphatic carbocycles. The number of carbonyl (C=O) groups is 1. The van der Waals surface area contributed by atoms with Crippen LogP contribution in [-0.2, 0) is 18.4 Å². The molecule has 3 heterocycles. The van der Waals surface area contributed by atoms with Crippen molar-refractivity contribution in [3.05, 3.63) is 88.8 Å². The molecular formula is C21H17FN6O. The molecule has 2 N–H and O–H groups in total. The minimum Gasteiger partial charge on any atom is -0.369 e. The Balaban J connectivity index is 1.63. The Morgan fingerprint density at radius 1 is 1.34 bits per heavy atom. The van der Waals surface area contributed by atoms with Gasteiger partial charge in [0.05, 0.1) is 12.1 Å². The predicted octanol–water partition coefficient (Wildman–Crippen LogP) is 3.03. The van der Waals surface area contributed by atoms with Crippen LogP contribution >= 0.6 is 0 Å². The highest BCUT2D eigenvalue weighted by Crippen LogP contribution is 2.34. The number of hydrogen-bond acceptors (Lipinski definition) is 5. The van der Waals surface area contributed by atoms with Crippen molar-refractivity contribution < 1.29 is 9.18 Å². The third-order valence-electron chi connectivity index (χ3n) is 4.97. The van der Waals surface area contributed by atoms with Crippen molar-refractivity contribution in [1.29, 1.82) is 0 Å². The topological polar surface area (TPSA) is 90.5 Å². The third kappa shape index (κ3) is 3.38. The molecular weight excluding hydrogens is 371 g/mol. The second-order valence-corrected chi connectivity index (χ2v) is 7.06. The summed E-state index contributed by atoms with van der Waals surface area (Å²) in [5.74, 6) is 0.312. The summed E-state index contributed by atoms with van der Waals surface area (Å²) < 4.78 is 16.4. The SMILES string of the molecule is [C-]#[N+]c1ccc(C(=O)Cc2ccc(F)c([C@]3(C)Cc4nccn4C(N)=N3)c2)nc1. The molecule has 0 unspecified atom stereocenters. The summed E-state index contributed by atoms with van der Waals surface area (Å²) in [7, 11) is 0. The Labute approximate surface area is 166 Å². The van der Waals surface area contributed by atoms with Crippen LogP contribution in [0.2, 0.25) is 0 Å². The van der Waals surface area contributed by atoms with Crippen molar-refractivity contribution in [2.45, 2.75) is 25.3 Å². The molecule has 0 fully saturated rings. The van der Waals surface area contributed by atoms with Crippen LogP contribution in [0.1, 0.15) is 34.4 Å². The van der Waals surface area contributed by atoms with Gasteiger partial charge in [-0.15, -0.1) is 0 Å². The molecule has 8 heteroatoms. The minimum atomic E-state index is -0.926. The van der Waals surface area contributed by atoms with Crippen molar-refractivity contribution in [3.63, 3.8) is 0 Å². The first-order chi connectivity index (χ1) is 13.9. The van der Waals surface area contributed by atoms with Crippen LogP contribution in [-0.4, -0.2) is 26.3 Å². The summed E-state index contributed by atoms with van der Waals surface area (Å²) in [4.78, 5) is 28.6. The average Bonchev–Trinajstić information content (AvgIpc) is 3.18. The van der Waals surface area contributed by atoms with E-state index in [4.69, 9.17) is 12.3 Å². The number of benzene rings is 1. The molecule has 0 saturated carbocycles. The average molecular weight is 388 g/mol. The smallest absolute Gasteiger partial charge is 0.205 e. The lowest BCUT2D eigenvalue weighted by atomic mass is 9.86. The number of halogens is 1. The molecule has 0 saturated heterocycles. The van der Waals surface area contributed by atoms with E-state index >= 15 is 0 Å². The molecule has 1 aromatic carbocycles. The van der Waals surface area contributed by atoms with Gasteiger partial charge in [0.25, 0.3) is 0 Å². The van der Waals surface area contributed by atoms with Gasteiger partial charge in [-0.25, -0.2) is 19.2 Å². The van der Waals surface area contributed by atoms with Crippen LogP contribution in [0.4, 0.5) is 10.1 Å². The summed E-state index contributed by atoms with van der Waals surface area (Å²) in [6.07, 6.45) is 5.14. The van der Waals surface area contributed by atoms with Crippen molar-refractivity contribution in [2.24, 2.45) is 10.7 Å². The van der Waals surface area contributed by atoms with Gasteiger partial charge in [0.15, 0.2) is 5.78 Å². The minimum absolute atomic E-state index is 0.0571. The fraction of sp³-hybridized carbons (Fsp3) is 0.190. The first kappa shape index (κ1) is 18.5. The third-order valence-corrected chi connectivity index (χ3v) is 4.97. The normalized spacial score (nSPS) is 17.9. The zero-order valence-corrected chi connectivity index (χ0v) is 15.6. The van der Waals surface area contributed by atoms with E-state index in [0.29, 0.717) is 29.1 Å². The van der Waals surface area contributed by atoms with Crippen LogP contribution in [0.3, 0.4) is 0 Å². The lowest BCUT2D eigenvalue weighted by molar-refractivity contribution is 0.0988. The van der Waals surface area contributed by atoms with E-state index in [1.807, 2.05) is 0 Å². The highest BCUT2D eigenvalue weighted by molar-refractivity contribution is 5.96. The lowest BCUT2D eigenvalue weighted by Crippen LogP contribution is -2.38. The summed E-state index contributed by atoms with van der Waals surface area (Å²) in [5, 5.41) is 0. The summed E-state index contributed by atoms with van der Waals surface area (Å²) in [6, 6.07) is 7.63. The summed E-state index contributed by atoms with van der Waals surface area (Å²) in [6.45, 7) is 8.75. The molecule has 1 aliphatic heterocycles. The van der Waals surface area contributed by atoms with Gasteiger partial charge in [-0.1, -0.05) is 12.1 Å². The van der Waals surface area contributed by atoms with E-state index in [2.05, 4.69) is 19.8 Å². The molecule has 0 bridgehead atoms. The quantitative estimate of drug-likeness (QED) is 0.549. The molecule has 0 radical (unpaired) electrons. The summed E-state index contributed by atoms with van der Waals surface area (Å²) in [5.41, 5.74) is 6.74. The Hall–Kier alpha value is -3.86. The van der Waals surface area contributed by atoms with Crippen molar-refractivity contribution in [1.82, 2.24) is 14.5 Å². The van der Waals surface area contributed by atoms with E-state index in [1.54, 1.807) is 42.1 Å². The zero-order chi connectivity index (χ0) is 20.6. The maximum absolute atomic E-state index is 14.7. The van der Waals surface area contributed by atoms with Crippen LogP contribution in [0.25, 0.3) is 4.85 Å². The molecule has 2 aromatic heterocycles. The number of imidazole rings is 1. The number of nitrogens with zero attached hydrogens (tertiary/aromatic N) is 5. The Morgan fingerprint density at radius 3 is 2.90 bits per heavy atom. The second-order valence-electron chi connectivity index (χ2n) is 7.06. The Morgan fingerprint density at radius 2 is 2.17 bits per heavy atom. The van der Waals surface area contributed by atoms with Crippen LogP contribution in [0.15, 0.2) is 53.9 Å². The van der Waals surface area contributed by atoms with E-state index in [1.165, 1.54) is 18.3 Å². The monoisotopic (exact) mass is 388 g/mol. The molecule has 144 valence electrons. The number of pyridine rings is 1. The van der Waals surface area contributed by atoms with Gasteiger partial charge in [-0.3, -0.25) is 14.3 Å². The number of hydrogen-bond donors (Lipinski definition) is 1. The van der Waals surface area contributed by atoms with Crippen molar-refractivity contribution >= 4 is 17.4 Å². The molecule has 0 spiro atoms. The largest absolute Gasteiger partial charge is 0.369 e. The second kappa shape index (κ2) is 6.95. The number of nitrogens with two attached hydrogens (primary N) is 1. The highest BCUT2D eigenvalue weighted by Gasteiger charge is 2.35. The molecule has 7 nitrogen and oxygen atoms in total. The van der Waals surface area contributed by atoms with Gasteiger partial charge in [0, 0.05) is 37.0 Å². The fourth-order valence-electron chi connectivity index (χ4n) is 3.47. The predicted molar refractivity (Wildman–Crippen MR) is 105 cm³/mol. The summed E-state index contributed by atoms with van der Waals surface area (Å²) >= 11 is 0. The Kier molecular flexibility index (Phi) is 4.43. The van der Waals surface area contributed by atoms with Crippen LogP contribution in [0.5, 0.6) is 0 Å². The number of Topliss-reactive ketones (excluding diaryl/α,β-unsaturated/α-hetero) is 1. The van der Waals surface area contributed by atoms with Gasteiger partial charge in [-0.2, -0.15) is 0 Å². The zero-order valence-electron chi connectivity index (χ0n) is 15.6. The van der Waals surface area contributed by atoms with E-state index in [-0.39, 0.29) is 23.9 Å². The molecule has 29 heavy (non-hydrogen) atoms. The van der Waals surface area contributed by atoms with Crippen LogP contribution in [0, 0.1) is 12.4 Å². The molecule has 3 aromatic rings. The fourth-order valence-corrected chi connectivity index (χ4v) is 3.47. The van der Waals surface area contributed by atoms with E-state index in [0.717, 1.165) is 0 Å². The van der Waals surface area contributed by atoms with E-state index < -0.39 is 11.4 Å². The van der Waals surface area contributed by atoms with Gasteiger partial charge in [-0.05, 0) is 30.7 Å². The number of rotatable bonds is 4. The number of ketones is 1. The molecule has 1 aliphatic rings. The van der Waals surface area contributed by atoms with Gasteiger partial charge >= 0.3 is 0 Å². The van der Waals surface area contributed by atoms with Gasteiger partial charge in [0.1, 0.15) is 17.3 Å². The molecule has 0 amide bonds. The first-order valence-electron chi connectivity index (χ1n) is 8.93. The number of carbonyl (C=O) groups excluding carboxylic acids is 1. The lowest BCUT2D eigenvalue weighted by Gasteiger charge is -2.31. The van der Waals surface area contributed by atoms with Gasteiger partial charge in [0.2, 0.25) is 11.6 Å². The number of aromatic nitrogens is 3.